The van der Waals surface area contributed by atoms with Crippen LogP contribution in [0.3, 0.4) is 0 Å². The number of aromatic amines is 1. The fraction of sp³-hybridized carbons (Fsp3) is 0.125. The predicted molar refractivity (Wildman–Crippen MR) is 78.6 cm³/mol. The topological polar surface area (TPSA) is 57.8 Å². The summed E-state index contributed by atoms with van der Waals surface area (Å²) in [5.74, 6) is -0.0425. The molecule has 0 fully saturated rings. The van der Waals surface area contributed by atoms with E-state index >= 15 is 0 Å². The Bertz CT molecular complexity index is 719. The van der Waals surface area contributed by atoms with Crippen LogP contribution in [-0.4, -0.2) is 22.4 Å². The Balaban J connectivity index is 1.66. The van der Waals surface area contributed by atoms with E-state index < -0.39 is 0 Å². The van der Waals surface area contributed by atoms with Crippen LogP contribution in [0.15, 0.2) is 55.0 Å². The van der Waals surface area contributed by atoms with Gasteiger partial charge in [-0.15, -0.1) is 0 Å². The van der Waals surface area contributed by atoms with Crippen LogP contribution >= 0.6 is 0 Å². The Hall–Kier alpha value is -2.62. The minimum absolute atomic E-state index is 0.0425. The number of H-pyrrole nitrogens is 1. The summed E-state index contributed by atoms with van der Waals surface area (Å²) in [6, 6.07) is 11.5. The van der Waals surface area contributed by atoms with Gasteiger partial charge in [-0.1, -0.05) is 12.1 Å². The molecule has 4 nitrogen and oxygen atoms in total. The molecule has 2 aromatic heterocycles. The first-order valence-corrected chi connectivity index (χ1v) is 6.58. The van der Waals surface area contributed by atoms with Crippen LogP contribution in [0.5, 0.6) is 0 Å². The van der Waals surface area contributed by atoms with Gasteiger partial charge in [0.05, 0.1) is 0 Å². The number of pyridine rings is 1. The van der Waals surface area contributed by atoms with Crippen molar-refractivity contribution in [3.63, 3.8) is 0 Å². The smallest absolute Gasteiger partial charge is 0.251 e. The molecule has 1 amide bonds. The predicted octanol–water partition coefficient (Wildman–Crippen LogP) is 2.54. The van der Waals surface area contributed by atoms with Crippen LogP contribution in [0.1, 0.15) is 15.9 Å². The highest BCUT2D eigenvalue weighted by atomic mass is 16.1. The zero-order chi connectivity index (χ0) is 13.8. The van der Waals surface area contributed by atoms with Crippen LogP contribution in [-0.2, 0) is 6.42 Å². The van der Waals surface area contributed by atoms with Crippen LogP contribution in [0.2, 0.25) is 0 Å². The number of carbonyl (C=O) groups excluding carboxylic acids is 1. The van der Waals surface area contributed by atoms with Gasteiger partial charge in [0.15, 0.2) is 0 Å². The van der Waals surface area contributed by atoms with Crippen LogP contribution in [0.4, 0.5) is 0 Å². The monoisotopic (exact) mass is 265 g/mol. The Morgan fingerprint density at radius 1 is 1.20 bits per heavy atom. The van der Waals surface area contributed by atoms with E-state index in [4.69, 9.17) is 0 Å². The molecule has 0 aliphatic rings. The van der Waals surface area contributed by atoms with Crippen LogP contribution in [0, 0.1) is 0 Å². The number of amides is 1. The largest absolute Gasteiger partial charge is 0.361 e. The number of hydrogen-bond donors (Lipinski definition) is 2. The van der Waals surface area contributed by atoms with Gasteiger partial charge < -0.3 is 10.3 Å². The first kappa shape index (κ1) is 12.4. The number of hydrogen-bond acceptors (Lipinski definition) is 2. The molecule has 0 radical (unpaired) electrons. The van der Waals surface area contributed by atoms with Crippen molar-refractivity contribution in [1.29, 1.82) is 0 Å². The highest BCUT2D eigenvalue weighted by molar-refractivity contribution is 6.06. The van der Waals surface area contributed by atoms with E-state index in [9.17, 15) is 4.79 Å². The number of fused-ring (bicyclic) bond motifs is 1. The van der Waals surface area contributed by atoms with Gasteiger partial charge in [0.2, 0.25) is 0 Å². The Kier molecular flexibility index (Phi) is 3.46. The lowest BCUT2D eigenvalue weighted by molar-refractivity contribution is 0.0956. The van der Waals surface area contributed by atoms with Gasteiger partial charge in [0.25, 0.3) is 5.91 Å². The summed E-state index contributed by atoms with van der Waals surface area (Å²) in [6.07, 6.45) is 6.19. The molecule has 100 valence electrons. The SMILES string of the molecule is O=C(NCCc1cccnc1)c1cccc2[nH]ccc12. The highest BCUT2D eigenvalue weighted by Gasteiger charge is 2.09. The highest BCUT2D eigenvalue weighted by Crippen LogP contribution is 2.17. The molecule has 0 aliphatic heterocycles. The van der Waals surface area contributed by atoms with E-state index in [0.717, 1.165) is 22.9 Å². The number of nitrogens with one attached hydrogen (secondary N) is 2. The minimum Gasteiger partial charge on any atom is -0.361 e. The molecule has 4 heteroatoms. The Morgan fingerprint density at radius 2 is 2.15 bits per heavy atom. The molecule has 0 atom stereocenters. The summed E-state index contributed by atoms with van der Waals surface area (Å²) in [4.78, 5) is 19.4. The molecule has 0 bridgehead atoms. The maximum absolute atomic E-state index is 12.2. The maximum Gasteiger partial charge on any atom is 0.251 e. The Morgan fingerprint density at radius 3 is 3.00 bits per heavy atom. The maximum atomic E-state index is 12.2. The average molecular weight is 265 g/mol. The normalized spacial score (nSPS) is 10.6. The molecule has 2 heterocycles. The summed E-state index contributed by atoms with van der Waals surface area (Å²) in [5.41, 5.74) is 2.80. The summed E-state index contributed by atoms with van der Waals surface area (Å²) < 4.78 is 0. The number of rotatable bonds is 4. The van der Waals surface area contributed by atoms with Crippen molar-refractivity contribution in [2.24, 2.45) is 0 Å². The summed E-state index contributed by atoms with van der Waals surface area (Å²) in [5, 5.41) is 3.90. The third-order valence-electron chi connectivity index (χ3n) is 3.26. The van der Waals surface area contributed by atoms with Crippen LogP contribution in [0.25, 0.3) is 10.9 Å². The Labute approximate surface area is 116 Å². The molecule has 0 aliphatic carbocycles. The first-order chi connectivity index (χ1) is 9.84. The molecule has 1 aromatic carbocycles. The second-order valence-electron chi connectivity index (χ2n) is 4.61. The van der Waals surface area contributed by atoms with Gasteiger partial charge in [-0.25, -0.2) is 0 Å². The standard InChI is InChI=1S/C16H15N3O/c20-16(19-9-6-12-3-2-8-17-11-12)14-4-1-5-15-13(14)7-10-18-15/h1-5,7-8,10-11,18H,6,9H2,(H,19,20). The fourth-order valence-corrected chi connectivity index (χ4v) is 2.25. The first-order valence-electron chi connectivity index (χ1n) is 6.58. The van der Waals surface area contributed by atoms with E-state index in [1.165, 1.54) is 0 Å². The van der Waals surface area contributed by atoms with Gasteiger partial charge in [-0.3, -0.25) is 9.78 Å². The average Bonchev–Trinajstić information content (AvgIpc) is 2.96. The van der Waals surface area contributed by atoms with Crippen molar-refractivity contribution in [2.75, 3.05) is 6.54 Å². The lowest BCUT2D eigenvalue weighted by atomic mass is 10.1. The fourth-order valence-electron chi connectivity index (χ4n) is 2.25. The van der Waals surface area contributed by atoms with Crippen molar-refractivity contribution in [3.8, 4) is 0 Å². The quantitative estimate of drug-likeness (QED) is 0.761. The van der Waals surface area contributed by atoms with Gasteiger partial charge >= 0.3 is 0 Å². The van der Waals surface area contributed by atoms with Crippen molar-refractivity contribution in [2.45, 2.75) is 6.42 Å². The van der Waals surface area contributed by atoms with Crippen molar-refractivity contribution < 1.29 is 4.79 Å². The summed E-state index contributed by atoms with van der Waals surface area (Å²) in [6.45, 7) is 0.603. The van der Waals surface area contributed by atoms with E-state index in [2.05, 4.69) is 15.3 Å². The van der Waals surface area contributed by atoms with Gasteiger partial charge in [0.1, 0.15) is 0 Å². The molecule has 3 aromatic rings. The summed E-state index contributed by atoms with van der Waals surface area (Å²) >= 11 is 0. The number of nitrogens with zero attached hydrogens (tertiary/aromatic N) is 1. The molecular formula is C16H15N3O. The van der Waals surface area contributed by atoms with E-state index in [1.54, 1.807) is 6.20 Å². The third-order valence-corrected chi connectivity index (χ3v) is 3.26. The van der Waals surface area contributed by atoms with E-state index in [1.807, 2.05) is 48.8 Å². The molecule has 0 unspecified atom stereocenters. The molecule has 2 N–H and O–H groups in total. The third kappa shape index (κ3) is 2.54. The van der Waals surface area contributed by atoms with Crippen molar-refractivity contribution in [3.05, 3.63) is 66.1 Å². The van der Waals surface area contributed by atoms with E-state index in [0.29, 0.717) is 12.1 Å². The van der Waals surface area contributed by atoms with Gasteiger partial charge in [0, 0.05) is 41.6 Å². The minimum atomic E-state index is -0.0425. The summed E-state index contributed by atoms with van der Waals surface area (Å²) in [7, 11) is 0. The zero-order valence-corrected chi connectivity index (χ0v) is 11.0. The molecule has 3 rings (SSSR count). The lowest BCUT2D eigenvalue weighted by Gasteiger charge is -2.06. The second kappa shape index (κ2) is 5.57. The lowest BCUT2D eigenvalue weighted by Crippen LogP contribution is -2.25. The second-order valence-corrected chi connectivity index (χ2v) is 4.61. The molecular weight excluding hydrogens is 250 g/mol. The number of benzene rings is 1. The van der Waals surface area contributed by atoms with Gasteiger partial charge in [-0.2, -0.15) is 0 Å². The molecule has 0 spiro atoms. The van der Waals surface area contributed by atoms with Crippen molar-refractivity contribution in [1.82, 2.24) is 15.3 Å². The molecule has 0 saturated heterocycles. The number of aromatic nitrogens is 2. The van der Waals surface area contributed by atoms with Crippen LogP contribution < -0.4 is 5.32 Å². The van der Waals surface area contributed by atoms with E-state index in [-0.39, 0.29) is 5.91 Å². The van der Waals surface area contributed by atoms with Gasteiger partial charge in [-0.05, 0) is 36.2 Å². The zero-order valence-electron chi connectivity index (χ0n) is 11.0. The molecule has 0 saturated carbocycles. The molecule has 20 heavy (non-hydrogen) atoms. The number of carbonyl (C=O) groups is 1. The van der Waals surface area contributed by atoms with Crippen molar-refractivity contribution >= 4 is 16.8 Å².